The van der Waals surface area contributed by atoms with E-state index in [9.17, 15) is 4.79 Å². The number of amides is 1. The molecular weight excluding hydrogens is 372 g/mol. The molecule has 2 heterocycles. The minimum absolute atomic E-state index is 0.306. The van der Waals surface area contributed by atoms with E-state index in [1.165, 1.54) is 11.3 Å². The number of pyridine rings is 1. The number of carbonyl (C=O) groups is 1. The van der Waals surface area contributed by atoms with Gasteiger partial charge in [-0.1, -0.05) is 30.3 Å². The number of anilines is 3. The van der Waals surface area contributed by atoms with E-state index < -0.39 is 0 Å². The maximum atomic E-state index is 12.6. The second kappa shape index (κ2) is 8.32. The number of carbonyl (C=O) groups excluding carboxylic acids is 1. The Bertz CT molecular complexity index is 1070. The van der Waals surface area contributed by atoms with Crippen LogP contribution in [0.3, 0.4) is 0 Å². The molecule has 0 saturated carbocycles. The lowest BCUT2D eigenvalue weighted by atomic mass is 10.2. The smallest absolute Gasteiger partial charge is 0.275 e. The molecule has 0 unspecified atom stereocenters. The fourth-order valence-corrected chi connectivity index (χ4v) is 3.17. The van der Waals surface area contributed by atoms with Gasteiger partial charge in [0, 0.05) is 11.6 Å². The van der Waals surface area contributed by atoms with Gasteiger partial charge in [0.1, 0.15) is 11.4 Å². The first kappa shape index (κ1) is 17.7. The molecule has 2 aromatic carbocycles. The number of nitrogens with zero attached hydrogens (tertiary/aromatic N) is 2. The quantitative estimate of drug-likeness (QED) is 0.467. The van der Waals surface area contributed by atoms with Crippen molar-refractivity contribution in [3.05, 3.63) is 90.2 Å². The van der Waals surface area contributed by atoms with E-state index in [0.717, 1.165) is 5.69 Å². The first-order valence-electron chi connectivity index (χ1n) is 8.54. The first-order chi connectivity index (χ1) is 13.8. The van der Waals surface area contributed by atoms with E-state index in [1.807, 2.05) is 54.6 Å². The number of benzene rings is 2. The van der Waals surface area contributed by atoms with Crippen LogP contribution in [0.4, 0.5) is 16.5 Å². The summed E-state index contributed by atoms with van der Waals surface area (Å²) in [6.45, 7) is 0. The van der Waals surface area contributed by atoms with E-state index in [0.29, 0.717) is 28.0 Å². The topological polar surface area (TPSA) is 76.1 Å². The number of hydrogen-bond donors (Lipinski definition) is 2. The fraction of sp³-hybridized carbons (Fsp3) is 0. The summed E-state index contributed by atoms with van der Waals surface area (Å²) in [6.07, 6.45) is 3.39. The van der Waals surface area contributed by atoms with Crippen LogP contribution in [-0.2, 0) is 0 Å². The van der Waals surface area contributed by atoms with Crippen molar-refractivity contribution in [2.24, 2.45) is 0 Å². The number of aromatic nitrogens is 2. The Balaban J connectivity index is 1.47. The molecule has 0 radical (unpaired) electrons. The Morgan fingerprint density at radius 2 is 1.79 bits per heavy atom. The van der Waals surface area contributed by atoms with Crippen LogP contribution in [0, 0.1) is 0 Å². The van der Waals surface area contributed by atoms with Crippen molar-refractivity contribution in [1.82, 2.24) is 9.97 Å². The summed E-state index contributed by atoms with van der Waals surface area (Å²) < 4.78 is 5.88. The number of hydrogen-bond acceptors (Lipinski definition) is 6. The molecule has 0 spiro atoms. The minimum atomic E-state index is -0.306. The summed E-state index contributed by atoms with van der Waals surface area (Å²) in [4.78, 5) is 21.0. The molecule has 0 fully saturated rings. The number of para-hydroxylation sites is 3. The van der Waals surface area contributed by atoms with Crippen LogP contribution in [0.15, 0.2) is 84.5 Å². The number of ether oxygens (including phenoxy) is 1. The average molecular weight is 388 g/mol. The van der Waals surface area contributed by atoms with Crippen LogP contribution < -0.4 is 15.4 Å². The van der Waals surface area contributed by atoms with Gasteiger partial charge in [0.15, 0.2) is 10.9 Å². The molecule has 0 aliphatic carbocycles. The zero-order valence-electron chi connectivity index (χ0n) is 14.7. The van der Waals surface area contributed by atoms with Gasteiger partial charge in [0.25, 0.3) is 5.91 Å². The van der Waals surface area contributed by atoms with Crippen LogP contribution in [0.5, 0.6) is 11.5 Å². The molecule has 7 heteroatoms. The second-order valence-electron chi connectivity index (χ2n) is 5.77. The van der Waals surface area contributed by atoms with Crippen molar-refractivity contribution in [2.75, 3.05) is 10.6 Å². The summed E-state index contributed by atoms with van der Waals surface area (Å²) in [6, 6.07) is 20.4. The lowest BCUT2D eigenvalue weighted by molar-refractivity contribution is 0.102. The van der Waals surface area contributed by atoms with E-state index in [1.54, 1.807) is 29.9 Å². The summed E-state index contributed by atoms with van der Waals surface area (Å²) >= 11 is 1.35. The molecule has 0 aliphatic heterocycles. The maximum Gasteiger partial charge on any atom is 0.275 e. The van der Waals surface area contributed by atoms with E-state index >= 15 is 0 Å². The van der Waals surface area contributed by atoms with Gasteiger partial charge in [-0.05, 0) is 36.4 Å². The molecule has 138 valence electrons. The summed E-state index contributed by atoms with van der Waals surface area (Å²) in [5.74, 6) is 0.950. The number of thiazole rings is 1. The van der Waals surface area contributed by atoms with Gasteiger partial charge in [-0.2, -0.15) is 0 Å². The Labute approximate surface area is 165 Å². The van der Waals surface area contributed by atoms with Crippen molar-refractivity contribution in [2.45, 2.75) is 0 Å². The number of nitrogens with one attached hydrogen (secondary N) is 2. The monoisotopic (exact) mass is 388 g/mol. The summed E-state index contributed by atoms with van der Waals surface area (Å²) in [5.41, 5.74) is 1.71. The fourth-order valence-electron chi connectivity index (χ4n) is 2.46. The highest BCUT2D eigenvalue weighted by molar-refractivity contribution is 7.14. The molecule has 4 aromatic rings. The van der Waals surface area contributed by atoms with Crippen LogP contribution in [0.25, 0.3) is 0 Å². The third-order valence-corrected chi connectivity index (χ3v) is 4.51. The zero-order valence-corrected chi connectivity index (χ0v) is 15.5. The molecule has 28 heavy (non-hydrogen) atoms. The molecule has 2 aromatic heterocycles. The first-order valence-corrected chi connectivity index (χ1v) is 9.42. The highest BCUT2D eigenvalue weighted by Crippen LogP contribution is 2.30. The standard InChI is InChI=1S/C21H16N4O2S/c26-20(18-14-28-21(25-18)23-15-7-6-12-22-13-15)24-17-10-4-5-11-19(17)27-16-8-2-1-3-9-16/h1-14H,(H,23,25)(H,24,26). The number of rotatable bonds is 6. The molecule has 0 bridgehead atoms. The van der Waals surface area contributed by atoms with Gasteiger partial charge in [-0.3, -0.25) is 9.78 Å². The van der Waals surface area contributed by atoms with Crippen molar-refractivity contribution < 1.29 is 9.53 Å². The summed E-state index contributed by atoms with van der Waals surface area (Å²) in [7, 11) is 0. The average Bonchev–Trinajstić information content (AvgIpc) is 3.20. The van der Waals surface area contributed by atoms with Gasteiger partial charge < -0.3 is 15.4 Å². The van der Waals surface area contributed by atoms with Gasteiger partial charge in [0.05, 0.1) is 17.6 Å². The Morgan fingerprint density at radius 3 is 2.61 bits per heavy atom. The van der Waals surface area contributed by atoms with Crippen molar-refractivity contribution in [3.8, 4) is 11.5 Å². The van der Waals surface area contributed by atoms with Gasteiger partial charge >= 0.3 is 0 Å². The van der Waals surface area contributed by atoms with Crippen molar-refractivity contribution >= 4 is 33.8 Å². The van der Waals surface area contributed by atoms with Crippen LogP contribution in [-0.4, -0.2) is 15.9 Å². The molecular formula is C21H16N4O2S. The second-order valence-corrected chi connectivity index (χ2v) is 6.63. The van der Waals surface area contributed by atoms with Gasteiger partial charge in [-0.15, -0.1) is 11.3 Å². The van der Waals surface area contributed by atoms with E-state index in [4.69, 9.17) is 4.74 Å². The molecule has 2 N–H and O–H groups in total. The lowest BCUT2D eigenvalue weighted by Crippen LogP contribution is -2.13. The maximum absolute atomic E-state index is 12.6. The zero-order chi connectivity index (χ0) is 19.2. The van der Waals surface area contributed by atoms with Crippen LogP contribution in [0.1, 0.15) is 10.5 Å². The predicted molar refractivity (Wildman–Crippen MR) is 111 cm³/mol. The van der Waals surface area contributed by atoms with Crippen molar-refractivity contribution in [1.29, 1.82) is 0 Å². The molecule has 1 amide bonds. The Kier molecular flexibility index (Phi) is 5.26. The van der Waals surface area contributed by atoms with E-state index in [2.05, 4.69) is 20.6 Å². The summed E-state index contributed by atoms with van der Waals surface area (Å²) in [5, 5.41) is 8.31. The highest BCUT2D eigenvalue weighted by atomic mass is 32.1. The largest absolute Gasteiger partial charge is 0.455 e. The molecule has 0 saturated heterocycles. The van der Waals surface area contributed by atoms with Crippen molar-refractivity contribution in [3.63, 3.8) is 0 Å². The van der Waals surface area contributed by atoms with Gasteiger partial charge in [-0.25, -0.2) is 4.98 Å². The van der Waals surface area contributed by atoms with E-state index in [-0.39, 0.29) is 5.91 Å². The SMILES string of the molecule is O=C(Nc1ccccc1Oc1ccccc1)c1csc(Nc2cccnc2)n1. The van der Waals surface area contributed by atoms with Crippen LogP contribution in [0.2, 0.25) is 0 Å². The lowest BCUT2D eigenvalue weighted by Gasteiger charge is -2.11. The Morgan fingerprint density at radius 1 is 0.964 bits per heavy atom. The Hall–Kier alpha value is -3.71. The third-order valence-electron chi connectivity index (χ3n) is 3.76. The molecule has 0 aliphatic rings. The molecule has 4 rings (SSSR count). The normalized spacial score (nSPS) is 10.3. The minimum Gasteiger partial charge on any atom is -0.455 e. The highest BCUT2D eigenvalue weighted by Gasteiger charge is 2.14. The van der Waals surface area contributed by atoms with Gasteiger partial charge in [0.2, 0.25) is 0 Å². The molecule has 0 atom stereocenters. The molecule has 6 nitrogen and oxygen atoms in total. The third kappa shape index (κ3) is 4.33. The predicted octanol–water partition coefficient (Wildman–Crippen LogP) is 5.33. The van der Waals surface area contributed by atoms with Crippen LogP contribution >= 0.6 is 11.3 Å².